The van der Waals surface area contributed by atoms with Gasteiger partial charge in [-0.25, -0.2) is 0 Å². The van der Waals surface area contributed by atoms with Gasteiger partial charge in [0.05, 0.1) is 0 Å². The maximum Gasteiger partial charge on any atom is 0.145 e. The fraction of sp³-hybridized carbons (Fsp3) is 0.667. The Hall–Kier alpha value is 0.570. The highest BCUT2D eigenvalue weighted by Gasteiger charge is 2.36. The first-order valence-electron chi connectivity index (χ1n) is 2.88. The Kier molecular flexibility index (Phi) is 2.22. The minimum atomic E-state index is -1.27. The first-order valence-corrected chi connectivity index (χ1v) is 4.02. The summed E-state index contributed by atoms with van der Waals surface area (Å²) in [5, 5.41) is 7.99. The zero-order chi connectivity index (χ0) is 7.83. The van der Waals surface area contributed by atoms with Gasteiger partial charge in [-0.3, -0.25) is 0 Å². The molecule has 1 atom stereocenters. The van der Waals surface area contributed by atoms with E-state index in [9.17, 15) is 5.11 Å². The smallest absolute Gasteiger partial charge is 0.145 e. The summed E-state index contributed by atoms with van der Waals surface area (Å²) >= 11 is 17.0. The van der Waals surface area contributed by atoms with Gasteiger partial charge in [-0.15, -0.1) is 0 Å². The predicted molar refractivity (Wildman–Crippen MR) is 43.6 cm³/mol. The van der Waals surface area contributed by atoms with Crippen molar-refractivity contribution in [2.24, 2.45) is 0 Å². The van der Waals surface area contributed by atoms with Crippen LogP contribution in [0.2, 0.25) is 0 Å². The lowest BCUT2D eigenvalue weighted by molar-refractivity contribution is 0.116. The third-order valence-electron chi connectivity index (χ3n) is 1.30. The van der Waals surface area contributed by atoms with Crippen LogP contribution in [0.25, 0.3) is 0 Å². The summed E-state index contributed by atoms with van der Waals surface area (Å²) in [6.07, 6.45) is 3.88. The molecule has 0 saturated heterocycles. The quantitative estimate of drug-likeness (QED) is 0.471. The van der Waals surface area contributed by atoms with Gasteiger partial charge in [-0.05, 0) is 0 Å². The van der Waals surface area contributed by atoms with Crippen molar-refractivity contribution >= 4 is 34.8 Å². The monoisotopic (exact) mass is 200 g/mol. The van der Waals surface area contributed by atoms with E-state index >= 15 is 0 Å². The molecule has 58 valence electrons. The van der Waals surface area contributed by atoms with Crippen molar-refractivity contribution in [1.29, 1.82) is 0 Å². The summed E-state index contributed by atoms with van der Waals surface area (Å²) in [5.41, 5.74) is 0. The molecule has 1 aliphatic rings. The normalized spacial score (nSPS) is 38.0. The average molecular weight is 201 g/mol. The van der Waals surface area contributed by atoms with E-state index in [2.05, 4.69) is 0 Å². The highest BCUT2D eigenvalue weighted by molar-refractivity contribution is 6.50. The number of alkyl halides is 3. The zero-order valence-corrected chi connectivity index (χ0v) is 7.42. The van der Waals surface area contributed by atoms with E-state index in [1.165, 1.54) is 0 Å². The Morgan fingerprint density at radius 1 is 1.30 bits per heavy atom. The number of hydrogen-bond acceptors (Lipinski definition) is 1. The van der Waals surface area contributed by atoms with E-state index in [0.29, 0.717) is 6.42 Å². The van der Waals surface area contributed by atoms with E-state index in [1.54, 1.807) is 12.2 Å². The molecule has 1 N–H and O–H groups in total. The molecule has 1 nitrogen and oxygen atoms in total. The van der Waals surface area contributed by atoms with E-state index in [4.69, 9.17) is 34.8 Å². The summed E-state index contributed by atoms with van der Waals surface area (Å²) in [6, 6.07) is 0. The largest absolute Gasteiger partial charge is 0.375 e. The molecule has 0 amide bonds. The summed E-state index contributed by atoms with van der Waals surface area (Å²) in [7, 11) is 0. The Balaban J connectivity index is 2.73. The number of halogens is 3. The second-order valence-corrected chi connectivity index (χ2v) is 4.71. The van der Waals surface area contributed by atoms with Crippen LogP contribution in [0.3, 0.4) is 0 Å². The van der Waals surface area contributed by atoms with Crippen LogP contribution in [-0.4, -0.2) is 14.5 Å². The summed E-state index contributed by atoms with van der Waals surface area (Å²) in [5.74, 6) is 0. The molecule has 0 fully saturated rings. The van der Waals surface area contributed by atoms with Gasteiger partial charge in [-0.1, -0.05) is 47.0 Å². The fourth-order valence-corrected chi connectivity index (χ4v) is 1.96. The molecule has 10 heavy (non-hydrogen) atoms. The van der Waals surface area contributed by atoms with Gasteiger partial charge in [-0.2, -0.15) is 0 Å². The Bertz CT molecular complexity index is 162. The highest BCUT2D eigenvalue weighted by Crippen LogP contribution is 2.40. The molecule has 4 heteroatoms. The molecule has 1 aliphatic carbocycles. The van der Waals surface area contributed by atoms with Crippen molar-refractivity contribution in [3.8, 4) is 0 Å². The Labute approximate surface area is 74.6 Å². The van der Waals surface area contributed by atoms with Crippen LogP contribution in [0.1, 0.15) is 12.8 Å². The number of allylic oxidation sites excluding steroid dienone is 1. The molecule has 0 saturated carbocycles. The Morgan fingerprint density at radius 2 is 1.90 bits per heavy atom. The van der Waals surface area contributed by atoms with Crippen molar-refractivity contribution < 1.29 is 5.11 Å². The van der Waals surface area contributed by atoms with Gasteiger partial charge in [0.1, 0.15) is 9.39 Å². The molecular formula is C6H7Cl3O. The minimum absolute atomic E-state index is 0.168. The van der Waals surface area contributed by atoms with E-state index < -0.39 is 9.39 Å². The minimum Gasteiger partial charge on any atom is -0.375 e. The van der Waals surface area contributed by atoms with Crippen LogP contribution in [-0.2, 0) is 0 Å². The molecule has 0 bridgehead atoms. The molecule has 0 spiro atoms. The molecule has 0 aromatic carbocycles. The topological polar surface area (TPSA) is 20.2 Å². The molecule has 0 aliphatic heterocycles. The molecular weight excluding hydrogens is 194 g/mol. The van der Waals surface area contributed by atoms with Gasteiger partial charge >= 0.3 is 0 Å². The molecule has 0 radical (unpaired) electrons. The third kappa shape index (κ3) is 2.31. The maximum absolute atomic E-state index is 9.26. The van der Waals surface area contributed by atoms with Crippen molar-refractivity contribution in [2.45, 2.75) is 22.2 Å². The van der Waals surface area contributed by atoms with E-state index in [1.807, 2.05) is 0 Å². The maximum atomic E-state index is 9.26. The molecule has 1 unspecified atom stereocenters. The molecule has 0 aromatic rings. The lowest BCUT2D eigenvalue weighted by Crippen LogP contribution is -2.31. The van der Waals surface area contributed by atoms with Gasteiger partial charge < -0.3 is 5.11 Å². The van der Waals surface area contributed by atoms with Crippen LogP contribution in [0.15, 0.2) is 12.2 Å². The van der Waals surface area contributed by atoms with Gasteiger partial charge in [0.15, 0.2) is 0 Å². The lowest BCUT2D eigenvalue weighted by Gasteiger charge is -2.29. The van der Waals surface area contributed by atoms with Crippen molar-refractivity contribution in [3.63, 3.8) is 0 Å². The number of aliphatic hydroxyl groups is 1. The number of rotatable bonds is 0. The highest BCUT2D eigenvalue weighted by atomic mass is 35.5. The van der Waals surface area contributed by atoms with Crippen LogP contribution < -0.4 is 0 Å². The summed E-state index contributed by atoms with van der Waals surface area (Å²) in [6.45, 7) is 0. The first-order chi connectivity index (χ1) is 4.41. The van der Waals surface area contributed by atoms with Crippen molar-refractivity contribution in [3.05, 3.63) is 12.2 Å². The molecule has 1 rings (SSSR count). The van der Waals surface area contributed by atoms with Gasteiger partial charge in [0.25, 0.3) is 0 Å². The molecule has 0 heterocycles. The summed E-state index contributed by atoms with van der Waals surface area (Å²) in [4.78, 5) is 0. The first kappa shape index (κ1) is 8.66. The van der Waals surface area contributed by atoms with Gasteiger partial charge in [0, 0.05) is 12.8 Å². The van der Waals surface area contributed by atoms with Crippen LogP contribution >= 0.6 is 34.8 Å². The van der Waals surface area contributed by atoms with Gasteiger partial charge in [0.2, 0.25) is 0 Å². The average Bonchev–Trinajstić information content (AvgIpc) is 1.56. The van der Waals surface area contributed by atoms with Crippen LogP contribution in [0, 0.1) is 0 Å². The lowest BCUT2D eigenvalue weighted by atomic mass is 10.0. The fourth-order valence-electron chi connectivity index (χ4n) is 0.904. The standard InChI is InChI=1S/C6H7Cl3O/c7-5(8)2-1-3-6(9,10)4-5/h1-2,10H,3-4H2. The zero-order valence-electron chi connectivity index (χ0n) is 5.15. The van der Waals surface area contributed by atoms with Crippen molar-refractivity contribution in [2.75, 3.05) is 0 Å². The third-order valence-corrected chi connectivity index (χ3v) is 2.11. The second-order valence-electron chi connectivity index (χ2n) is 2.46. The van der Waals surface area contributed by atoms with Crippen LogP contribution in [0.5, 0.6) is 0 Å². The Morgan fingerprint density at radius 3 is 2.20 bits per heavy atom. The second kappa shape index (κ2) is 2.56. The van der Waals surface area contributed by atoms with E-state index in [0.717, 1.165) is 0 Å². The SMILES string of the molecule is OC1(Cl)CC=CC(Cl)(Cl)C1. The predicted octanol–water partition coefficient (Wildman–Crippen LogP) is 2.44. The molecule has 0 aromatic heterocycles. The van der Waals surface area contributed by atoms with Crippen molar-refractivity contribution in [1.82, 2.24) is 0 Å². The van der Waals surface area contributed by atoms with Crippen LogP contribution in [0.4, 0.5) is 0 Å². The summed E-state index contributed by atoms with van der Waals surface area (Å²) < 4.78 is -1.01. The number of hydrogen-bond donors (Lipinski definition) is 1. The van der Waals surface area contributed by atoms with E-state index in [-0.39, 0.29) is 6.42 Å².